The normalized spacial score (nSPS) is 16.1. The number of aromatic nitrogens is 1. The van der Waals surface area contributed by atoms with E-state index >= 15 is 0 Å². The van der Waals surface area contributed by atoms with E-state index in [-0.39, 0.29) is 5.76 Å². The van der Waals surface area contributed by atoms with Crippen molar-refractivity contribution in [2.24, 2.45) is 9.98 Å². The van der Waals surface area contributed by atoms with Crippen molar-refractivity contribution >= 4 is 23.1 Å². The van der Waals surface area contributed by atoms with Crippen LogP contribution in [-0.2, 0) is 0 Å². The predicted octanol–water partition coefficient (Wildman–Crippen LogP) is 3.10. The summed E-state index contributed by atoms with van der Waals surface area (Å²) >= 11 is 0. The molecule has 1 aromatic carbocycles. The second kappa shape index (κ2) is 6.05. The van der Waals surface area contributed by atoms with Gasteiger partial charge in [0, 0.05) is 36.1 Å². The van der Waals surface area contributed by atoms with Gasteiger partial charge in [-0.15, -0.1) is 0 Å². The van der Waals surface area contributed by atoms with Crippen LogP contribution in [0.5, 0.6) is 5.75 Å². The van der Waals surface area contributed by atoms with Crippen LogP contribution in [0.25, 0.3) is 5.76 Å². The third-order valence-corrected chi connectivity index (χ3v) is 4.34. The number of rotatable bonds is 3. The highest BCUT2D eigenvalue weighted by molar-refractivity contribution is 6.20. The number of amidine groups is 2. The molecule has 0 spiro atoms. The number of benzene rings is 1. The van der Waals surface area contributed by atoms with Crippen LogP contribution in [0.4, 0.5) is 5.69 Å². The summed E-state index contributed by atoms with van der Waals surface area (Å²) in [6, 6.07) is 7.63. The highest BCUT2D eigenvalue weighted by atomic mass is 16.5. The Morgan fingerprint density at radius 1 is 1.32 bits per heavy atom. The van der Waals surface area contributed by atoms with E-state index in [1.807, 2.05) is 24.0 Å². The lowest BCUT2D eigenvalue weighted by Crippen LogP contribution is -2.36. The molecule has 2 aliphatic rings. The van der Waals surface area contributed by atoms with Crippen molar-refractivity contribution in [3.63, 3.8) is 0 Å². The van der Waals surface area contributed by atoms with Gasteiger partial charge < -0.3 is 14.7 Å². The van der Waals surface area contributed by atoms with Gasteiger partial charge in [0.05, 0.1) is 13.7 Å². The number of fused-ring (bicyclic) bond motifs is 3. The average Bonchev–Trinajstić information content (AvgIpc) is 3.12. The second-order valence-electron chi connectivity index (χ2n) is 5.91. The molecule has 6 nitrogen and oxygen atoms in total. The van der Waals surface area contributed by atoms with Crippen LogP contribution in [-0.4, -0.2) is 46.9 Å². The first kappa shape index (κ1) is 15.4. The number of hydrogen-bond acceptors (Lipinski definition) is 6. The van der Waals surface area contributed by atoms with Gasteiger partial charge in [0.15, 0.2) is 0 Å². The Bertz CT molecular complexity index is 917. The van der Waals surface area contributed by atoms with E-state index in [0.717, 1.165) is 34.9 Å². The lowest BCUT2D eigenvalue weighted by Gasteiger charge is -2.27. The van der Waals surface area contributed by atoms with Gasteiger partial charge in [-0.2, -0.15) is 0 Å². The maximum atomic E-state index is 10.5. The van der Waals surface area contributed by atoms with Crippen molar-refractivity contribution in [2.75, 3.05) is 20.2 Å². The maximum absolute atomic E-state index is 10.5. The van der Waals surface area contributed by atoms with Crippen molar-refractivity contribution in [3.05, 3.63) is 59.4 Å². The molecule has 1 aromatic heterocycles. The topological polar surface area (TPSA) is 70.3 Å². The zero-order chi connectivity index (χ0) is 17.4. The molecule has 3 heterocycles. The van der Waals surface area contributed by atoms with Gasteiger partial charge in [0.25, 0.3) is 0 Å². The largest absolute Gasteiger partial charge is 0.507 e. The highest BCUT2D eigenvalue weighted by Crippen LogP contribution is 2.39. The first-order valence-corrected chi connectivity index (χ1v) is 8.08. The van der Waals surface area contributed by atoms with E-state index in [2.05, 4.69) is 9.98 Å². The summed E-state index contributed by atoms with van der Waals surface area (Å²) in [6.07, 6.45) is 4.94. The SMILES string of the molecule is COc1c(C)ccc2c1N=C(/C=C(\O)c1cccnc1)N1CCN=C21. The highest BCUT2D eigenvalue weighted by Gasteiger charge is 2.30. The van der Waals surface area contributed by atoms with E-state index in [1.54, 1.807) is 37.7 Å². The number of aliphatic hydroxyl groups is 1. The predicted molar refractivity (Wildman–Crippen MR) is 97.8 cm³/mol. The first-order chi connectivity index (χ1) is 12.2. The molecule has 2 aliphatic heterocycles. The standard InChI is InChI=1S/C19H18N4O2/c1-12-5-6-14-17(18(12)25-2)22-16(23-9-8-21-19(14)23)10-15(24)13-4-3-7-20-11-13/h3-7,10-11,24H,8-9H2,1-2H3/b15-10-. The summed E-state index contributed by atoms with van der Waals surface area (Å²) < 4.78 is 5.56. The van der Waals surface area contributed by atoms with Gasteiger partial charge in [0.1, 0.15) is 28.9 Å². The Balaban J connectivity index is 1.86. The molecule has 0 saturated heterocycles. The summed E-state index contributed by atoms with van der Waals surface area (Å²) in [7, 11) is 1.64. The number of aliphatic hydroxyl groups excluding tert-OH is 1. The summed E-state index contributed by atoms with van der Waals surface area (Å²) in [5.74, 6) is 2.37. The zero-order valence-electron chi connectivity index (χ0n) is 14.1. The number of hydrogen-bond donors (Lipinski definition) is 1. The molecule has 25 heavy (non-hydrogen) atoms. The Hall–Kier alpha value is -3.15. The number of aliphatic imine (C=N–C) groups is 2. The van der Waals surface area contributed by atoms with Gasteiger partial charge in [-0.05, 0) is 30.7 Å². The molecule has 1 N–H and O–H groups in total. The molecular formula is C19H18N4O2. The number of nitrogens with zero attached hydrogens (tertiary/aromatic N) is 4. The van der Waals surface area contributed by atoms with Crippen molar-refractivity contribution < 1.29 is 9.84 Å². The molecule has 0 atom stereocenters. The van der Waals surface area contributed by atoms with Crippen LogP contribution >= 0.6 is 0 Å². The van der Waals surface area contributed by atoms with Gasteiger partial charge >= 0.3 is 0 Å². The Kier molecular flexibility index (Phi) is 3.72. The zero-order valence-corrected chi connectivity index (χ0v) is 14.1. The summed E-state index contributed by atoms with van der Waals surface area (Å²) in [5, 5.41) is 10.5. The quantitative estimate of drug-likeness (QED) is 0.876. The third-order valence-electron chi connectivity index (χ3n) is 4.34. The molecule has 2 aromatic rings. The summed E-state index contributed by atoms with van der Waals surface area (Å²) in [5.41, 5.74) is 3.37. The van der Waals surface area contributed by atoms with Gasteiger partial charge in [0.2, 0.25) is 0 Å². The van der Waals surface area contributed by atoms with Crippen molar-refractivity contribution in [3.8, 4) is 5.75 Å². The molecular weight excluding hydrogens is 316 g/mol. The fourth-order valence-electron chi connectivity index (χ4n) is 3.13. The smallest absolute Gasteiger partial charge is 0.148 e. The lowest BCUT2D eigenvalue weighted by atomic mass is 10.0. The molecule has 0 fully saturated rings. The monoisotopic (exact) mass is 334 g/mol. The fraction of sp³-hybridized carbons (Fsp3) is 0.211. The minimum absolute atomic E-state index is 0.119. The molecule has 0 bridgehead atoms. The molecule has 6 heteroatoms. The van der Waals surface area contributed by atoms with E-state index in [0.29, 0.717) is 17.9 Å². The van der Waals surface area contributed by atoms with E-state index in [1.165, 1.54) is 0 Å². The van der Waals surface area contributed by atoms with Gasteiger partial charge in [-0.25, -0.2) is 4.99 Å². The molecule has 126 valence electrons. The number of aryl methyl sites for hydroxylation is 1. The average molecular weight is 334 g/mol. The lowest BCUT2D eigenvalue weighted by molar-refractivity contribution is 0.412. The number of ether oxygens (including phenoxy) is 1. The van der Waals surface area contributed by atoms with E-state index in [4.69, 9.17) is 9.73 Å². The van der Waals surface area contributed by atoms with Gasteiger partial charge in [-0.1, -0.05) is 6.07 Å². The van der Waals surface area contributed by atoms with Crippen LogP contribution < -0.4 is 4.74 Å². The number of methoxy groups -OCH3 is 1. The van der Waals surface area contributed by atoms with Crippen LogP contribution in [0.15, 0.2) is 52.7 Å². The Morgan fingerprint density at radius 2 is 2.20 bits per heavy atom. The second-order valence-corrected chi connectivity index (χ2v) is 5.91. The van der Waals surface area contributed by atoms with E-state index < -0.39 is 0 Å². The molecule has 0 unspecified atom stereocenters. The van der Waals surface area contributed by atoms with Gasteiger partial charge in [-0.3, -0.25) is 9.98 Å². The minimum atomic E-state index is 0.119. The van der Waals surface area contributed by atoms with Crippen molar-refractivity contribution in [1.29, 1.82) is 0 Å². The third kappa shape index (κ3) is 2.55. The van der Waals surface area contributed by atoms with Crippen LogP contribution in [0, 0.1) is 6.92 Å². The van der Waals surface area contributed by atoms with Crippen LogP contribution in [0.3, 0.4) is 0 Å². The van der Waals surface area contributed by atoms with Crippen molar-refractivity contribution in [1.82, 2.24) is 9.88 Å². The molecule has 0 aliphatic carbocycles. The molecule has 0 radical (unpaired) electrons. The molecule has 0 amide bonds. The summed E-state index contributed by atoms with van der Waals surface area (Å²) in [6.45, 7) is 3.42. The Morgan fingerprint density at radius 3 is 2.96 bits per heavy atom. The minimum Gasteiger partial charge on any atom is -0.507 e. The number of pyridine rings is 1. The maximum Gasteiger partial charge on any atom is 0.148 e. The summed E-state index contributed by atoms with van der Waals surface area (Å²) in [4.78, 5) is 15.4. The van der Waals surface area contributed by atoms with Crippen LogP contribution in [0.2, 0.25) is 0 Å². The van der Waals surface area contributed by atoms with Crippen LogP contribution in [0.1, 0.15) is 16.7 Å². The first-order valence-electron chi connectivity index (χ1n) is 8.08. The molecule has 4 rings (SSSR count). The van der Waals surface area contributed by atoms with E-state index in [9.17, 15) is 5.11 Å². The fourth-order valence-corrected chi connectivity index (χ4v) is 3.13. The Labute approximate surface area is 145 Å². The molecule has 0 saturated carbocycles. The van der Waals surface area contributed by atoms with Crippen molar-refractivity contribution in [2.45, 2.75) is 6.92 Å².